The average Bonchev–Trinajstić information content (AvgIpc) is 3.58. The van der Waals surface area contributed by atoms with Crippen LogP contribution in [-0.4, -0.2) is 108 Å². The van der Waals surface area contributed by atoms with Crippen molar-refractivity contribution in [2.45, 2.75) is 56.0 Å². The Balaban J connectivity index is 0.000000757. The number of nitrogens with zero attached hydrogens (tertiary/aromatic N) is 1. The number of para-hydroxylation sites is 1. The first-order chi connectivity index (χ1) is 26.4. The van der Waals surface area contributed by atoms with E-state index in [-0.39, 0.29) is 37.6 Å². The van der Waals surface area contributed by atoms with E-state index in [1.54, 1.807) is 0 Å². The first kappa shape index (κ1) is 40.4. The highest BCUT2D eigenvalue weighted by Crippen LogP contribution is 2.20. The van der Waals surface area contributed by atoms with Gasteiger partial charge < -0.3 is 36.1 Å². The van der Waals surface area contributed by atoms with E-state index in [2.05, 4.69) is 26.3 Å². The molecule has 13 nitrogen and oxygen atoms in total. The number of rotatable bonds is 7. The molecule has 2 saturated heterocycles. The van der Waals surface area contributed by atoms with E-state index >= 15 is 0 Å². The molecule has 0 unspecified atom stereocenters. The Bertz CT molecular complexity index is 1920. The van der Waals surface area contributed by atoms with Crippen LogP contribution in [0.4, 0.5) is 13.2 Å². The third-order valence-corrected chi connectivity index (χ3v) is 9.27. The van der Waals surface area contributed by atoms with Crippen molar-refractivity contribution in [1.29, 1.82) is 0 Å². The fraction of sp³-hybridized carbons (Fsp3) is 0.359. The molecule has 0 bridgehead atoms. The molecule has 2 fully saturated rings. The quantitative estimate of drug-likeness (QED) is 0.166. The topological polar surface area (TPSA) is 182 Å². The van der Waals surface area contributed by atoms with E-state index in [4.69, 9.17) is 14.6 Å². The Kier molecular flexibility index (Phi) is 14.0. The van der Waals surface area contributed by atoms with Crippen molar-refractivity contribution in [2.75, 3.05) is 32.8 Å². The average molecular weight is 765 g/mol. The summed E-state index contributed by atoms with van der Waals surface area (Å²) in [5.74, 6) is -4.35. The molecule has 292 valence electrons. The second-order valence-electron chi connectivity index (χ2n) is 13.2. The molecule has 4 aromatic rings. The van der Waals surface area contributed by atoms with Crippen LogP contribution in [0.1, 0.15) is 23.1 Å². The summed E-state index contributed by atoms with van der Waals surface area (Å²) in [4.78, 5) is 69.8. The largest absolute Gasteiger partial charge is 0.490 e. The molecule has 0 spiro atoms. The predicted octanol–water partition coefficient (Wildman–Crippen LogP) is 2.50. The molecular weight excluding hydrogens is 721 g/mol. The van der Waals surface area contributed by atoms with Crippen molar-refractivity contribution in [3.63, 3.8) is 0 Å². The number of ether oxygens (including phenoxy) is 1. The number of carbonyl (C=O) groups excluding carboxylic acids is 4. The lowest BCUT2D eigenvalue weighted by Crippen LogP contribution is -2.60. The molecule has 6 rings (SSSR count). The van der Waals surface area contributed by atoms with Crippen LogP contribution in [0.5, 0.6) is 0 Å². The van der Waals surface area contributed by atoms with Gasteiger partial charge >= 0.3 is 12.1 Å². The fourth-order valence-corrected chi connectivity index (χ4v) is 6.48. The summed E-state index contributed by atoms with van der Waals surface area (Å²) in [5.41, 5.74) is 3.62. The summed E-state index contributed by atoms with van der Waals surface area (Å²) in [6, 6.07) is 23.8. The lowest BCUT2D eigenvalue weighted by atomic mass is 10.00. The predicted molar refractivity (Wildman–Crippen MR) is 196 cm³/mol. The molecule has 2 aliphatic heterocycles. The van der Waals surface area contributed by atoms with Gasteiger partial charge in [-0.3, -0.25) is 24.1 Å². The summed E-state index contributed by atoms with van der Waals surface area (Å²) in [7, 11) is 0. The number of halogens is 3. The Morgan fingerprint density at radius 2 is 1.31 bits per heavy atom. The number of alkyl halides is 3. The van der Waals surface area contributed by atoms with Gasteiger partial charge in [-0.15, -0.1) is 0 Å². The second-order valence-corrected chi connectivity index (χ2v) is 13.2. The first-order valence-corrected chi connectivity index (χ1v) is 17.8. The van der Waals surface area contributed by atoms with E-state index in [9.17, 15) is 32.3 Å². The lowest BCUT2D eigenvalue weighted by Gasteiger charge is -2.34. The SMILES string of the molecule is O=C(O)C(F)(F)F.O=C1C[C@H](N2CCOCC2)C(=O)NC[C@@H](Cc2ccccc2)NC(=O)[C@H](Cc2ccccc2)NC(=O)[C@H](Cc2c[nH]c3ccccc23)N1. The minimum atomic E-state index is -5.08. The second kappa shape index (κ2) is 19.0. The number of carbonyl (C=O) groups is 5. The van der Waals surface area contributed by atoms with Crippen molar-refractivity contribution >= 4 is 40.5 Å². The van der Waals surface area contributed by atoms with Crippen molar-refractivity contribution in [3.8, 4) is 0 Å². The van der Waals surface area contributed by atoms with Crippen LogP contribution in [0.15, 0.2) is 91.1 Å². The number of aromatic nitrogens is 1. The number of benzene rings is 3. The number of carboxylic acids is 1. The van der Waals surface area contributed by atoms with E-state index in [0.717, 1.165) is 27.6 Å². The Morgan fingerprint density at radius 1 is 0.745 bits per heavy atom. The van der Waals surface area contributed by atoms with Gasteiger partial charge in [0.25, 0.3) is 0 Å². The smallest absolute Gasteiger partial charge is 0.475 e. The van der Waals surface area contributed by atoms with Gasteiger partial charge in [-0.1, -0.05) is 78.9 Å². The highest BCUT2D eigenvalue weighted by Gasteiger charge is 2.38. The monoisotopic (exact) mass is 764 g/mol. The van der Waals surface area contributed by atoms with E-state index in [1.807, 2.05) is 96.0 Å². The highest BCUT2D eigenvalue weighted by atomic mass is 19.4. The molecule has 3 aromatic carbocycles. The molecule has 0 aliphatic carbocycles. The maximum Gasteiger partial charge on any atom is 0.490 e. The van der Waals surface area contributed by atoms with Gasteiger partial charge in [0.1, 0.15) is 12.1 Å². The normalized spacial score (nSPS) is 21.9. The van der Waals surface area contributed by atoms with E-state index in [0.29, 0.717) is 32.7 Å². The number of fused-ring (bicyclic) bond motifs is 1. The van der Waals surface area contributed by atoms with Gasteiger partial charge in [0.2, 0.25) is 23.6 Å². The van der Waals surface area contributed by atoms with Crippen molar-refractivity contribution < 1.29 is 47.0 Å². The zero-order valence-electron chi connectivity index (χ0n) is 29.8. The van der Waals surface area contributed by atoms with Gasteiger partial charge in [-0.2, -0.15) is 13.2 Å². The zero-order valence-corrected chi connectivity index (χ0v) is 29.8. The molecule has 55 heavy (non-hydrogen) atoms. The number of aromatic amines is 1. The minimum Gasteiger partial charge on any atom is -0.475 e. The first-order valence-electron chi connectivity index (χ1n) is 17.8. The van der Waals surface area contributed by atoms with Crippen LogP contribution in [-0.2, 0) is 48.0 Å². The Morgan fingerprint density at radius 3 is 1.95 bits per heavy atom. The number of aliphatic carboxylic acids is 1. The van der Waals surface area contributed by atoms with Gasteiger partial charge in [-0.05, 0) is 29.2 Å². The maximum atomic E-state index is 14.1. The molecule has 4 atom stereocenters. The summed E-state index contributed by atoms with van der Waals surface area (Å²) in [6.07, 6.45) is -2.48. The molecular formula is C39H43F3N6O7. The summed E-state index contributed by atoms with van der Waals surface area (Å²) in [5, 5.41) is 20.1. The molecule has 0 radical (unpaired) electrons. The van der Waals surface area contributed by atoms with E-state index in [1.165, 1.54) is 0 Å². The van der Waals surface area contributed by atoms with Crippen LogP contribution in [0.3, 0.4) is 0 Å². The van der Waals surface area contributed by atoms with Crippen molar-refractivity contribution in [3.05, 3.63) is 108 Å². The van der Waals surface area contributed by atoms with Crippen molar-refractivity contribution in [1.82, 2.24) is 31.2 Å². The molecule has 16 heteroatoms. The summed E-state index contributed by atoms with van der Waals surface area (Å²) in [6.45, 7) is 2.04. The number of hydrogen-bond donors (Lipinski definition) is 6. The lowest BCUT2D eigenvalue weighted by molar-refractivity contribution is -0.192. The van der Waals surface area contributed by atoms with Crippen LogP contribution in [0.2, 0.25) is 0 Å². The fourth-order valence-electron chi connectivity index (χ4n) is 6.48. The van der Waals surface area contributed by atoms with Crippen molar-refractivity contribution in [2.24, 2.45) is 0 Å². The third kappa shape index (κ3) is 11.9. The van der Waals surface area contributed by atoms with E-state index < -0.39 is 48.1 Å². The van der Waals surface area contributed by atoms with Gasteiger partial charge in [0, 0.05) is 49.6 Å². The number of nitrogens with one attached hydrogen (secondary N) is 5. The summed E-state index contributed by atoms with van der Waals surface area (Å²) < 4.78 is 37.3. The van der Waals surface area contributed by atoms with Crippen LogP contribution in [0.25, 0.3) is 10.9 Å². The minimum absolute atomic E-state index is 0.132. The Hall–Kier alpha value is -5.74. The number of H-pyrrole nitrogens is 1. The van der Waals surface area contributed by atoms with Crippen LogP contribution in [0, 0.1) is 0 Å². The maximum absolute atomic E-state index is 14.1. The molecule has 0 saturated carbocycles. The molecule has 2 aliphatic rings. The number of amides is 4. The standard InChI is InChI=1S/C37H42N6O5.C2HF3O2/c44-34-22-33(43-15-17-48-18-16-43)37(47)39-24-28(19-25-9-3-1-4-10-25)40-35(45)31(20-26-11-5-2-6-12-26)42-36(46)32(41-34)21-27-23-38-30-14-8-7-13-29(27)30;3-2(4,5)1(6)7/h1-14,23,28,31-33,38H,15-22,24H2,(H,39,47)(H,40,45)(H,41,44)(H,42,46);(H,6,7)/t28-,31+,32+,33+;/m1./s1. The Labute approximate surface area is 315 Å². The van der Waals surface area contributed by atoms with Crippen LogP contribution >= 0.6 is 0 Å². The number of morpholine rings is 1. The van der Waals surface area contributed by atoms with Gasteiger partial charge in [0.15, 0.2) is 0 Å². The molecule has 4 amide bonds. The van der Waals surface area contributed by atoms with Crippen LogP contribution < -0.4 is 21.3 Å². The summed E-state index contributed by atoms with van der Waals surface area (Å²) >= 11 is 0. The molecule has 3 heterocycles. The molecule has 1 aromatic heterocycles. The highest BCUT2D eigenvalue weighted by molar-refractivity contribution is 5.95. The number of carboxylic acid groups (broad SMARTS) is 1. The van der Waals surface area contributed by atoms with Gasteiger partial charge in [0.05, 0.1) is 31.7 Å². The number of hydrogen-bond acceptors (Lipinski definition) is 7. The third-order valence-electron chi connectivity index (χ3n) is 9.27. The molecule has 6 N–H and O–H groups in total. The van der Waals surface area contributed by atoms with Gasteiger partial charge in [-0.25, -0.2) is 4.79 Å². The zero-order chi connectivity index (χ0) is 39.4.